The van der Waals surface area contributed by atoms with E-state index in [1.165, 1.54) is 16.7 Å². The first-order valence-electron chi connectivity index (χ1n) is 10.9. The van der Waals surface area contributed by atoms with Crippen molar-refractivity contribution in [3.63, 3.8) is 0 Å². The number of fused-ring (bicyclic) bond motifs is 1. The van der Waals surface area contributed by atoms with Gasteiger partial charge in [0.05, 0.1) is 17.0 Å². The Morgan fingerprint density at radius 2 is 1.83 bits per heavy atom. The van der Waals surface area contributed by atoms with Gasteiger partial charge >= 0.3 is 0 Å². The second-order valence-electron chi connectivity index (χ2n) is 8.02. The van der Waals surface area contributed by atoms with Crippen molar-refractivity contribution in [2.24, 2.45) is 0 Å². The van der Waals surface area contributed by atoms with E-state index in [-0.39, 0.29) is 16.5 Å². The van der Waals surface area contributed by atoms with Crippen LogP contribution in [0.2, 0.25) is 5.02 Å². The second-order valence-corrected chi connectivity index (χ2v) is 10.4. The lowest BCUT2D eigenvalue weighted by molar-refractivity contribution is 0.415. The zero-order valence-electron chi connectivity index (χ0n) is 18.8. The summed E-state index contributed by atoms with van der Waals surface area (Å²) in [6.07, 6.45) is 3.77. The minimum atomic E-state index is -3.84. The van der Waals surface area contributed by atoms with Crippen LogP contribution in [-0.2, 0) is 10.0 Å². The monoisotopic (exact) mass is 516 g/mol. The van der Waals surface area contributed by atoms with Crippen molar-refractivity contribution in [2.45, 2.75) is 11.3 Å². The number of methoxy groups -OCH3 is 1. The molecule has 182 valence electrons. The molecule has 0 atom stereocenters. The van der Waals surface area contributed by atoms with E-state index in [2.05, 4.69) is 20.0 Å². The Hall–Kier alpha value is -3.28. The summed E-state index contributed by atoms with van der Waals surface area (Å²) in [5, 5.41) is 4.15. The molecule has 12 heteroatoms. The average Bonchev–Trinajstić information content (AvgIpc) is 3.21. The van der Waals surface area contributed by atoms with Gasteiger partial charge in [0.1, 0.15) is 23.7 Å². The molecule has 2 aromatic heterocycles. The highest BCUT2D eigenvalue weighted by molar-refractivity contribution is 7.89. The van der Waals surface area contributed by atoms with Crippen molar-refractivity contribution >= 4 is 33.2 Å². The molecule has 1 aliphatic heterocycles. The van der Waals surface area contributed by atoms with Gasteiger partial charge in [-0.2, -0.15) is 18.9 Å². The first-order valence-corrected chi connectivity index (χ1v) is 12.7. The maximum absolute atomic E-state index is 13.6. The molecular weight excluding hydrogens is 495 g/mol. The molecule has 0 saturated carbocycles. The van der Waals surface area contributed by atoms with Gasteiger partial charge in [0.2, 0.25) is 10.0 Å². The number of anilines is 1. The van der Waals surface area contributed by atoms with Gasteiger partial charge in [-0.1, -0.05) is 23.7 Å². The normalized spacial score (nSPS) is 15.3. The van der Waals surface area contributed by atoms with E-state index in [4.69, 9.17) is 16.3 Å². The third-order valence-electron chi connectivity index (χ3n) is 5.96. The van der Waals surface area contributed by atoms with E-state index in [0.717, 1.165) is 34.8 Å². The molecule has 1 fully saturated rings. The molecule has 35 heavy (non-hydrogen) atoms. The van der Waals surface area contributed by atoms with Crippen molar-refractivity contribution in [1.82, 2.24) is 23.9 Å². The van der Waals surface area contributed by atoms with Gasteiger partial charge in [-0.05, 0) is 42.3 Å². The summed E-state index contributed by atoms with van der Waals surface area (Å²) >= 11 is 5.84. The summed E-state index contributed by atoms with van der Waals surface area (Å²) in [6, 6.07) is 11.1. The maximum Gasteiger partial charge on any atom is 0.254 e. The van der Waals surface area contributed by atoms with Crippen molar-refractivity contribution in [3.8, 4) is 16.9 Å². The van der Waals surface area contributed by atoms with Crippen molar-refractivity contribution < 1.29 is 17.5 Å². The predicted octanol–water partition coefficient (Wildman–Crippen LogP) is 3.49. The Balaban J connectivity index is 1.48. The standard InChI is InChI=1S/C23H22ClFN6O3S/c1-34-17-5-3-16(4-6-17)19-14-26-23-27-15-28-31(23)22(19)29-9-2-10-30(12-11-29)35(32,33)18-7-8-21(25)20(24)13-18/h3-8,13-15H,2,9-12H2,1H3. The average molecular weight is 517 g/mol. The molecule has 9 nitrogen and oxygen atoms in total. The fourth-order valence-electron chi connectivity index (χ4n) is 4.18. The fourth-order valence-corrected chi connectivity index (χ4v) is 5.92. The van der Waals surface area contributed by atoms with Crippen LogP contribution >= 0.6 is 11.6 Å². The van der Waals surface area contributed by atoms with E-state index in [0.29, 0.717) is 31.8 Å². The number of ether oxygens (including phenoxy) is 1. The van der Waals surface area contributed by atoms with Crippen LogP contribution < -0.4 is 9.64 Å². The zero-order chi connectivity index (χ0) is 24.6. The summed E-state index contributed by atoms with van der Waals surface area (Å²) in [5.74, 6) is 1.31. The highest BCUT2D eigenvalue weighted by Crippen LogP contribution is 2.32. The topological polar surface area (TPSA) is 92.9 Å². The lowest BCUT2D eigenvalue weighted by Crippen LogP contribution is -2.36. The van der Waals surface area contributed by atoms with Crippen molar-refractivity contribution in [2.75, 3.05) is 38.2 Å². The van der Waals surface area contributed by atoms with E-state index in [9.17, 15) is 12.8 Å². The van der Waals surface area contributed by atoms with Crippen LogP contribution in [0, 0.1) is 5.82 Å². The van der Waals surface area contributed by atoms with Gasteiger partial charge in [0, 0.05) is 37.9 Å². The van der Waals surface area contributed by atoms with Crippen LogP contribution in [0.25, 0.3) is 16.9 Å². The number of hydrogen-bond acceptors (Lipinski definition) is 7. The molecule has 5 rings (SSSR count). The Kier molecular flexibility index (Phi) is 6.30. The SMILES string of the molecule is COc1ccc(-c2cnc3ncnn3c2N2CCCN(S(=O)(=O)c3ccc(F)c(Cl)c3)CC2)cc1. The number of nitrogens with zero attached hydrogens (tertiary/aromatic N) is 6. The first kappa shape index (κ1) is 23.5. The van der Waals surface area contributed by atoms with E-state index in [1.54, 1.807) is 17.8 Å². The van der Waals surface area contributed by atoms with E-state index < -0.39 is 15.8 Å². The van der Waals surface area contributed by atoms with Gasteiger partial charge in [-0.25, -0.2) is 17.8 Å². The van der Waals surface area contributed by atoms with Gasteiger partial charge in [0.25, 0.3) is 5.78 Å². The molecule has 0 unspecified atom stereocenters. The lowest BCUT2D eigenvalue weighted by atomic mass is 10.1. The Bertz CT molecular complexity index is 1480. The molecule has 0 N–H and O–H groups in total. The molecule has 3 heterocycles. The second kappa shape index (κ2) is 9.40. The van der Waals surface area contributed by atoms with Gasteiger partial charge in [0.15, 0.2) is 0 Å². The first-order chi connectivity index (χ1) is 16.9. The molecule has 1 saturated heterocycles. The molecular formula is C23H22ClFN6O3S. The summed E-state index contributed by atoms with van der Waals surface area (Å²) in [5.41, 5.74) is 1.76. The minimum absolute atomic E-state index is 0.0288. The van der Waals surface area contributed by atoms with Crippen LogP contribution in [0.1, 0.15) is 6.42 Å². The highest BCUT2D eigenvalue weighted by atomic mass is 35.5. The summed E-state index contributed by atoms with van der Waals surface area (Å²) in [7, 11) is -2.23. The summed E-state index contributed by atoms with van der Waals surface area (Å²) < 4.78 is 48.4. The number of aromatic nitrogens is 4. The number of hydrogen-bond donors (Lipinski definition) is 0. The summed E-state index contributed by atoms with van der Waals surface area (Å²) in [6.45, 7) is 1.56. The smallest absolute Gasteiger partial charge is 0.254 e. The predicted molar refractivity (Wildman–Crippen MR) is 130 cm³/mol. The van der Waals surface area contributed by atoms with Crippen LogP contribution in [0.5, 0.6) is 5.75 Å². The molecule has 2 aromatic carbocycles. The lowest BCUT2D eigenvalue weighted by Gasteiger charge is -2.26. The van der Waals surface area contributed by atoms with Crippen LogP contribution in [0.3, 0.4) is 0 Å². The third kappa shape index (κ3) is 4.42. The molecule has 0 bridgehead atoms. The molecule has 1 aliphatic rings. The fraction of sp³-hybridized carbons (Fsp3) is 0.261. The Labute approximate surface area is 206 Å². The number of rotatable bonds is 5. The molecule has 0 amide bonds. The van der Waals surface area contributed by atoms with Gasteiger partial charge in [-0.3, -0.25) is 0 Å². The largest absolute Gasteiger partial charge is 0.497 e. The molecule has 4 aromatic rings. The molecule has 0 aliphatic carbocycles. The van der Waals surface area contributed by atoms with E-state index in [1.807, 2.05) is 24.3 Å². The Morgan fingerprint density at radius 1 is 1.03 bits per heavy atom. The highest BCUT2D eigenvalue weighted by Gasteiger charge is 2.29. The van der Waals surface area contributed by atoms with E-state index >= 15 is 0 Å². The number of halogens is 2. The van der Waals surface area contributed by atoms with Gasteiger partial charge < -0.3 is 9.64 Å². The van der Waals surface area contributed by atoms with Crippen LogP contribution in [0.15, 0.2) is 59.9 Å². The quantitative estimate of drug-likeness (QED) is 0.401. The van der Waals surface area contributed by atoms with Crippen molar-refractivity contribution in [1.29, 1.82) is 0 Å². The number of benzene rings is 2. The molecule has 0 radical (unpaired) electrons. The number of sulfonamides is 1. The molecule has 0 spiro atoms. The zero-order valence-corrected chi connectivity index (χ0v) is 20.4. The van der Waals surface area contributed by atoms with Crippen LogP contribution in [0.4, 0.5) is 10.2 Å². The third-order valence-corrected chi connectivity index (χ3v) is 8.15. The Morgan fingerprint density at radius 3 is 2.57 bits per heavy atom. The van der Waals surface area contributed by atoms with Crippen molar-refractivity contribution in [3.05, 3.63) is 65.8 Å². The van der Waals surface area contributed by atoms with Gasteiger partial charge in [-0.15, -0.1) is 0 Å². The summed E-state index contributed by atoms with van der Waals surface area (Å²) in [4.78, 5) is 10.7. The van der Waals surface area contributed by atoms with Crippen LogP contribution in [-0.4, -0.2) is 65.6 Å². The maximum atomic E-state index is 13.6. The minimum Gasteiger partial charge on any atom is -0.497 e.